The summed E-state index contributed by atoms with van der Waals surface area (Å²) in [6, 6.07) is 4.66. The van der Waals surface area contributed by atoms with Crippen molar-refractivity contribution in [2.45, 2.75) is 13.0 Å². The molecule has 2 N–H and O–H groups in total. The lowest BCUT2D eigenvalue weighted by atomic mass is 10.2. The molecule has 0 saturated carbocycles. The molecule has 0 radical (unpaired) electrons. The fraction of sp³-hybridized carbons (Fsp3) is 0.200. The summed E-state index contributed by atoms with van der Waals surface area (Å²) in [4.78, 5) is 10.5. The highest BCUT2D eigenvalue weighted by Crippen LogP contribution is 2.14. The van der Waals surface area contributed by atoms with Gasteiger partial charge in [-0.15, -0.1) is 0 Å². The van der Waals surface area contributed by atoms with E-state index in [9.17, 15) is 9.18 Å². The van der Waals surface area contributed by atoms with E-state index >= 15 is 0 Å². The molecule has 1 aromatic carbocycles. The van der Waals surface area contributed by atoms with Gasteiger partial charge in [-0.3, -0.25) is 4.79 Å². The van der Waals surface area contributed by atoms with Gasteiger partial charge in [0.1, 0.15) is 17.9 Å². The van der Waals surface area contributed by atoms with Crippen molar-refractivity contribution in [2.24, 2.45) is 0 Å². The second kappa shape index (κ2) is 4.42. The second-order valence-corrected chi connectivity index (χ2v) is 3.01. The van der Waals surface area contributed by atoms with E-state index in [2.05, 4.69) is 5.32 Å². The first-order valence-electron chi connectivity index (χ1n) is 4.23. The predicted molar refractivity (Wildman–Crippen MR) is 51.8 cm³/mol. The minimum atomic E-state index is -1.02. The number of hydrogen-bond acceptors (Lipinski definition) is 3. The Bertz CT molecular complexity index is 426. The van der Waals surface area contributed by atoms with Crippen LogP contribution < -0.4 is 5.32 Å². The first-order chi connectivity index (χ1) is 7.04. The molecular weight excluding hydrogens is 199 g/mol. The molecule has 0 saturated heterocycles. The summed E-state index contributed by atoms with van der Waals surface area (Å²) in [7, 11) is 0. The zero-order valence-electron chi connectivity index (χ0n) is 7.99. The summed E-state index contributed by atoms with van der Waals surface area (Å²) in [6.45, 7) is 1.46. The Labute approximate surface area is 86.0 Å². The van der Waals surface area contributed by atoms with Gasteiger partial charge in [0.2, 0.25) is 0 Å². The third-order valence-electron chi connectivity index (χ3n) is 1.84. The number of rotatable bonds is 3. The molecular formula is C10H9FN2O2. The highest BCUT2D eigenvalue weighted by Gasteiger charge is 2.11. The number of carboxylic acids is 1. The molecule has 1 unspecified atom stereocenters. The van der Waals surface area contributed by atoms with Gasteiger partial charge in [-0.25, -0.2) is 4.39 Å². The van der Waals surface area contributed by atoms with Crippen molar-refractivity contribution in [3.8, 4) is 6.07 Å². The van der Waals surface area contributed by atoms with E-state index in [1.807, 2.05) is 0 Å². The van der Waals surface area contributed by atoms with Crippen LogP contribution in [0.1, 0.15) is 12.5 Å². The van der Waals surface area contributed by atoms with Crippen molar-refractivity contribution in [2.75, 3.05) is 5.32 Å². The largest absolute Gasteiger partial charge is 0.480 e. The van der Waals surface area contributed by atoms with E-state index in [1.54, 1.807) is 6.07 Å². The quantitative estimate of drug-likeness (QED) is 0.790. The Morgan fingerprint density at radius 1 is 1.67 bits per heavy atom. The molecule has 1 aromatic rings. The number of hydrogen-bond donors (Lipinski definition) is 2. The first kappa shape index (κ1) is 11.0. The Hall–Kier alpha value is -2.09. The smallest absolute Gasteiger partial charge is 0.325 e. The SMILES string of the molecule is CC(Nc1ccc(F)c(C#N)c1)C(=O)O. The number of aliphatic carboxylic acids is 1. The van der Waals surface area contributed by atoms with Gasteiger partial charge in [0.15, 0.2) is 0 Å². The molecule has 5 heteroatoms. The van der Waals surface area contributed by atoms with Crippen molar-refractivity contribution in [3.05, 3.63) is 29.6 Å². The van der Waals surface area contributed by atoms with Gasteiger partial charge in [-0.2, -0.15) is 5.26 Å². The molecule has 0 aliphatic carbocycles. The van der Waals surface area contributed by atoms with E-state index in [0.29, 0.717) is 5.69 Å². The summed E-state index contributed by atoms with van der Waals surface area (Å²) >= 11 is 0. The lowest BCUT2D eigenvalue weighted by molar-refractivity contribution is -0.137. The molecule has 15 heavy (non-hydrogen) atoms. The number of benzene rings is 1. The van der Waals surface area contributed by atoms with Crippen molar-refractivity contribution in [1.29, 1.82) is 5.26 Å². The average molecular weight is 208 g/mol. The molecule has 0 aliphatic heterocycles. The van der Waals surface area contributed by atoms with E-state index in [1.165, 1.54) is 19.1 Å². The molecule has 0 aromatic heterocycles. The lowest BCUT2D eigenvalue weighted by Crippen LogP contribution is -2.25. The number of carbonyl (C=O) groups is 1. The minimum Gasteiger partial charge on any atom is -0.480 e. The van der Waals surface area contributed by atoms with Crippen LogP contribution in [0.2, 0.25) is 0 Å². The Morgan fingerprint density at radius 2 is 2.33 bits per heavy atom. The summed E-state index contributed by atoms with van der Waals surface area (Å²) < 4.78 is 12.9. The van der Waals surface area contributed by atoms with Crippen molar-refractivity contribution >= 4 is 11.7 Å². The second-order valence-electron chi connectivity index (χ2n) is 3.01. The van der Waals surface area contributed by atoms with Crippen LogP contribution in [0.25, 0.3) is 0 Å². The van der Waals surface area contributed by atoms with E-state index in [0.717, 1.165) is 6.07 Å². The van der Waals surface area contributed by atoms with Gasteiger partial charge in [-0.05, 0) is 25.1 Å². The van der Waals surface area contributed by atoms with Crippen LogP contribution in [0.5, 0.6) is 0 Å². The average Bonchev–Trinajstić information content (AvgIpc) is 2.20. The standard InChI is InChI=1S/C10H9FN2O2/c1-6(10(14)15)13-8-2-3-9(11)7(4-8)5-12/h2-4,6,13H,1H3,(H,14,15). The molecule has 0 spiro atoms. The molecule has 0 bridgehead atoms. The zero-order chi connectivity index (χ0) is 11.4. The third kappa shape index (κ3) is 2.68. The number of anilines is 1. The van der Waals surface area contributed by atoms with Gasteiger partial charge < -0.3 is 10.4 Å². The van der Waals surface area contributed by atoms with Crippen LogP contribution in [0.4, 0.5) is 10.1 Å². The van der Waals surface area contributed by atoms with E-state index < -0.39 is 17.8 Å². The minimum absolute atomic E-state index is 0.113. The molecule has 78 valence electrons. The van der Waals surface area contributed by atoms with Crippen LogP contribution in [0.3, 0.4) is 0 Å². The molecule has 0 fully saturated rings. The number of nitrogens with one attached hydrogen (secondary N) is 1. The zero-order valence-corrected chi connectivity index (χ0v) is 7.99. The Balaban J connectivity index is 2.89. The fourth-order valence-corrected chi connectivity index (χ4v) is 1.01. The summed E-state index contributed by atoms with van der Waals surface area (Å²) in [6.07, 6.45) is 0. The highest BCUT2D eigenvalue weighted by atomic mass is 19.1. The third-order valence-corrected chi connectivity index (χ3v) is 1.84. The maximum atomic E-state index is 12.9. The molecule has 1 rings (SSSR count). The van der Waals surface area contributed by atoms with Crippen molar-refractivity contribution in [3.63, 3.8) is 0 Å². The summed E-state index contributed by atoms with van der Waals surface area (Å²) in [5.74, 6) is -1.64. The predicted octanol–water partition coefficient (Wildman–Crippen LogP) is 1.58. The van der Waals surface area contributed by atoms with Crippen molar-refractivity contribution in [1.82, 2.24) is 0 Å². The fourth-order valence-electron chi connectivity index (χ4n) is 1.01. The maximum Gasteiger partial charge on any atom is 0.325 e. The van der Waals surface area contributed by atoms with Crippen molar-refractivity contribution < 1.29 is 14.3 Å². The molecule has 0 amide bonds. The number of halogens is 1. The number of carboxylic acid groups (broad SMARTS) is 1. The monoisotopic (exact) mass is 208 g/mol. The van der Waals surface area contributed by atoms with Crippen LogP contribution in [-0.4, -0.2) is 17.1 Å². The normalized spacial score (nSPS) is 11.5. The van der Waals surface area contributed by atoms with Gasteiger partial charge in [0.05, 0.1) is 5.56 Å². The van der Waals surface area contributed by atoms with Gasteiger partial charge in [-0.1, -0.05) is 0 Å². The van der Waals surface area contributed by atoms with Crippen LogP contribution in [0.15, 0.2) is 18.2 Å². The summed E-state index contributed by atoms with van der Waals surface area (Å²) in [5, 5.41) is 19.8. The van der Waals surface area contributed by atoms with Crippen LogP contribution in [0, 0.1) is 17.1 Å². The van der Waals surface area contributed by atoms with Gasteiger partial charge >= 0.3 is 5.97 Å². The van der Waals surface area contributed by atoms with E-state index in [4.69, 9.17) is 10.4 Å². The molecule has 1 atom stereocenters. The molecule has 0 heterocycles. The first-order valence-corrected chi connectivity index (χ1v) is 4.23. The summed E-state index contributed by atoms with van der Waals surface area (Å²) in [5.41, 5.74) is 0.292. The molecule has 4 nitrogen and oxygen atoms in total. The number of nitriles is 1. The Kier molecular flexibility index (Phi) is 3.24. The molecule has 0 aliphatic rings. The maximum absolute atomic E-state index is 12.9. The van der Waals surface area contributed by atoms with Crippen LogP contribution >= 0.6 is 0 Å². The topological polar surface area (TPSA) is 73.1 Å². The number of nitrogens with zero attached hydrogens (tertiary/aromatic N) is 1. The van der Waals surface area contributed by atoms with Gasteiger partial charge in [0.25, 0.3) is 0 Å². The van der Waals surface area contributed by atoms with Crippen LogP contribution in [-0.2, 0) is 4.79 Å². The van der Waals surface area contributed by atoms with Gasteiger partial charge in [0, 0.05) is 5.69 Å². The highest BCUT2D eigenvalue weighted by molar-refractivity contribution is 5.76. The van der Waals surface area contributed by atoms with E-state index in [-0.39, 0.29) is 5.56 Å². The Morgan fingerprint density at radius 3 is 2.87 bits per heavy atom. The lowest BCUT2D eigenvalue weighted by Gasteiger charge is -2.10.